The first-order chi connectivity index (χ1) is 9.49. The van der Waals surface area contributed by atoms with Gasteiger partial charge in [-0.2, -0.15) is 0 Å². The third kappa shape index (κ3) is 3.35. The van der Waals surface area contributed by atoms with Gasteiger partial charge in [0.1, 0.15) is 15.4 Å². The molecule has 106 valence electrons. The van der Waals surface area contributed by atoms with Gasteiger partial charge >= 0.3 is 0 Å². The van der Waals surface area contributed by atoms with E-state index in [1.54, 1.807) is 11.8 Å². The van der Waals surface area contributed by atoms with Crippen LogP contribution in [0.2, 0.25) is 0 Å². The summed E-state index contributed by atoms with van der Waals surface area (Å²) in [6.45, 7) is 5.94. The Labute approximate surface area is 127 Å². The van der Waals surface area contributed by atoms with E-state index in [0.717, 1.165) is 21.3 Å². The molecule has 1 heterocycles. The number of alkyl halides is 1. The molecule has 1 aromatic heterocycles. The minimum Gasteiger partial charge on any atom is -0.304 e. The van der Waals surface area contributed by atoms with Gasteiger partial charge in [0, 0.05) is 5.69 Å². The lowest BCUT2D eigenvalue weighted by Gasteiger charge is -2.24. The fourth-order valence-electron chi connectivity index (χ4n) is 1.90. The van der Waals surface area contributed by atoms with E-state index < -0.39 is 5.38 Å². The zero-order chi connectivity index (χ0) is 14.7. The van der Waals surface area contributed by atoms with E-state index in [0.29, 0.717) is 6.54 Å². The Morgan fingerprint density at radius 3 is 2.60 bits per heavy atom. The number of para-hydroxylation sites is 1. The van der Waals surface area contributed by atoms with Gasteiger partial charge in [-0.05, 0) is 32.4 Å². The smallest absolute Gasteiger partial charge is 0.245 e. The van der Waals surface area contributed by atoms with Gasteiger partial charge in [-0.1, -0.05) is 29.5 Å². The van der Waals surface area contributed by atoms with Gasteiger partial charge in [0.05, 0.1) is 6.54 Å². The van der Waals surface area contributed by atoms with Gasteiger partial charge < -0.3 is 4.90 Å². The van der Waals surface area contributed by atoms with Gasteiger partial charge in [-0.25, -0.2) is 0 Å². The summed E-state index contributed by atoms with van der Waals surface area (Å²) in [5.74, 6) is -0.131. The Hall–Kier alpha value is -1.46. The second-order valence-electron chi connectivity index (χ2n) is 4.54. The van der Waals surface area contributed by atoms with Crippen molar-refractivity contribution in [3.05, 3.63) is 39.8 Å². The molecular weight excluding hydrogens is 294 g/mol. The second-order valence-corrected chi connectivity index (χ2v) is 6.46. The summed E-state index contributed by atoms with van der Waals surface area (Å²) >= 11 is 7.46. The summed E-state index contributed by atoms with van der Waals surface area (Å²) in [7, 11) is 0. The van der Waals surface area contributed by atoms with E-state index in [4.69, 9.17) is 11.6 Å². The first kappa shape index (κ1) is 14.9. The quantitative estimate of drug-likeness (QED) is 0.814. The minimum absolute atomic E-state index is 0.131. The molecular formula is C14H16ClN3OS. The van der Waals surface area contributed by atoms with E-state index in [1.807, 2.05) is 38.1 Å². The molecule has 0 N–H and O–H groups in total. The molecule has 6 heteroatoms. The number of nitrogens with zero attached hydrogens (tertiary/aromatic N) is 3. The number of rotatable bonds is 4. The average Bonchev–Trinajstić information content (AvgIpc) is 2.81. The van der Waals surface area contributed by atoms with Crippen molar-refractivity contribution in [2.45, 2.75) is 32.7 Å². The highest BCUT2D eigenvalue weighted by Gasteiger charge is 2.23. The van der Waals surface area contributed by atoms with Crippen molar-refractivity contribution in [1.29, 1.82) is 0 Å². The van der Waals surface area contributed by atoms with Crippen molar-refractivity contribution in [2.75, 3.05) is 4.90 Å². The maximum atomic E-state index is 12.4. The summed E-state index contributed by atoms with van der Waals surface area (Å²) in [6.07, 6.45) is 0. The fraction of sp³-hybridized carbons (Fsp3) is 0.357. The van der Waals surface area contributed by atoms with Crippen molar-refractivity contribution >= 4 is 34.5 Å². The Balaban J connectivity index is 2.35. The van der Waals surface area contributed by atoms with E-state index in [9.17, 15) is 4.79 Å². The lowest BCUT2D eigenvalue weighted by atomic mass is 10.1. The zero-order valence-corrected chi connectivity index (χ0v) is 13.2. The number of aryl methyl sites for hydroxylation is 2. The van der Waals surface area contributed by atoms with Gasteiger partial charge in [0.2, 0.25) is 5.91 Å². The van der Waals surface area contributed by atoms with Crippen LogP contribution in [-0.2, 0) is 11.3 Å². The molecule has 0 aliphatic rings. The normalized spacial score (nSPS) is 12.2. The summed E-state index contributed by atoms with van der Waals surface area (Å²) in [4.78, 5) is 14.0. The summed E-state index contributed by atoms with van der Waals surface area (Å²) in [5.41, 5.74) is 1.89. The third-order valence-electron chi connectivity index (χ3n) is 2.87. The monoisotopic (exact) mass is 309 g/mol. The Morgan fingerprint density at radius 1 is 1.35 bits per heavy atom. The summed E-state index contributed by atoms with van der Waals surface area (Å²) < 4.78 is 0. The number of aromatic nitrogens is 2. The molecule has 0 saturated heterocycles. The van der Waals surface area contributed by atoms with Gasteiger partial charge in [0.25, 0.3) is 0 Å². The average molecular weight is 310 g/mol. The van der Waals surface area contributed by atoms with Gasteiger partial charge in [-0.15, -0.1) is 21.8 Å². The Morgan fingerprint density at radius 2 is 2.05 bits per heavy atom. The van der Waals surface area contributed by atoms with Crippen molar-refractivity contribution in [2.24, 2.45) is 0 Å². The van der Waals surface area contributed by atoms with Crippen LogP contribution in [0.15, 0.2) is 24.3 Å². The molecule has 1 amide bonds. The van der Waals surface area contributed by atoms with Crippen LogP contribution < -0.4 is 4.90 Å². The number of amides is 1. The van der Waals surface area contributed by atoms with E-state index >= 15 is 0 Å². The molecule has 0 fully saturated rings. The largest absolute Gasteiger partial charge is 0.304 e. The molecule has 2 rings (SSSR count). The number of benzene rings is 1. The van der Waals surface area contributed by atoms with Crippen molar-refractivity contribution < 1.29 is 4.79 Å². The van der Waals surface area contributed by atoms with Gasteiger partial charge in [-0.3, -0.25) is 4.79 Å². The molecule has 0 saturated carbocycles. The predicted molar refractivity (Wildman–Crippen MR) is 82.3 cm³/mol. The van der Waals surface area contributed by atoms with Crippen LogP contribution in [-0.4, -0.2) is 21.5 Å². The lowest BCUT2D eigenvalue weighted by Crippen LogP contribution is -2.35. The topological polar surface area (TPSA) is 46.1 Å². The van der Waals surface area contributed by atoms with Crippen LogP contribution in [0.25, 0.3) is 0 Å². The number of hydrogen-bond acceptors (Lipinski definition) is 4. The summed E-state index contributed by atoms with van der Waals surface area (Å²) in [6, 6.07) is 7.74. The molecule has 1 aromatic carbocycles. The summed E-state index contributed by atoms with van der Waals surface area (Å²) in [5, 5.41) is 9.18. The minimum atomic E-state index is -0.580. The van der Waals surface area contributed by atoms with Crippen LogP contribution in [0.3, 0.4) is 0 Å². The molecule has 4 nitrogen and oxygen atoms in total. The fourth-order valence-corrected chi connectivity index (χ4v) is 2.72. The highest BCUT2D eigenvalue weighted by Crippen LogP contribution is 2.24. The van der Waals surface area contributed by atoms with Crippen LogP contribution in [0, 0.1) is 13.8 Å². The first-order valence-corrected chi connectivity index (χ1v) is 7.54. The Bertz CT molecular complexity index is 612. The zero-order valence-electron chi connectivity index (χ0n) is 11.6. The van der Waals surface area contributed by atoms with Crippen molar-refractivity contribution in [3.8, 4) is 0 Å². The van der Waals surface area contributed by atoms with Crippen LogP contribution >= 0.6 is 22.9 Å². The molecule has 1 atom stereocenters. The molecule has 0 bridgehead atoms. The van der Waals surface area contributed by atoms with Crippen molar-refractivity contribution in [1.82, 2.24) is 10.2 Å². The number of halogens is 1. The number of carbonyl (C=O) groups is 1. The molecule has 0 aliphatic carbocycles. The van der Waals surface area contributed by atoms with Crippen LogP contribution in [0.4, 0.5) is 5.69 Å². The molecule has 20 heavy (non-hydrogen) atoms. The number of carbonyl (C=O) groups excluding carboxylic acids is 1. The third-order valence-corrected chi connectivity index (χ3v) is 3.88. The SMILES string of the molecule is Cc1nnc(CN(C(=O)C(C)Cl)c2ccccc2C)s1. The Kier molecular flexibility index (Phi) is 4.73. The highest BCUT2D eigenvalue weighted by molar-refractivity contribution is 7.11. The molecule has 2 aromatic rings. The molecule has 1 unspecified atom stereocenters. The molecule has 0 spiro atoms. The van der Waals surface area contributed by atoms with E-state index in [1.165, 1.54) is 11.3 Å². The maximum Gasteiger partial charge on any atom is 0.245 e. The standard InChI is InChI=1S/C14H16ClN3OS/c1-9-6-4-5-7-12(9)18(14(19)10(2)15)8-13-17-16-11(3)20-13/h4-7,10H,8H2,1-3H3. The van der Waals surface area contributed by atoms with Crippen LogP contribution in [0.1, 0.15) is 22.5 Å². The highest BCUT2D eigenvalue weighted by atomic mass is 35.5. The van der Waals surface area contributed by atoms with E-state index in [2.05, 4.69) is 10.2 Å². The van der Waals surface area contributed by atoms with Gasteiger partial charge in [0.15, 0.2) is 0 Å². The number of anilines is 1. The van der Waals surface area contributed by atoms with E-state index in [-0.39, 0.29) is 5.91 Å². The first-order valence-electron chi connectivity index (χ1n) is 6.29. The second kappa shape index (κ2) is 6.33. The van der Waals surface area contributed by atoms with Crippen molar-refractivity contribution in [3.63, 3.8) is 0 Å². The predicted octanol–water partition coefficient (Wildman–Crippen LogP) is 3.32. The molecule has 0 radical (unpaired) electrons. The molecule has 0 aliphatic heterocycles. The maximum absolute atomic E-state index is 12.4. The lowest BCUT2D eigenvalue weighted by molar-refractivity contribution is -0.118. The number of hydrogen-bond donors (Lipinski definition) is 0. The van der Waals surface area contributed by atoms with Crippen LogP contribution in [0.5, 0.6) is 0 Å².